The van der Waals surface area contributed by atoms with Gasteiger partial charge in [0.2, 0.25) is 0 Å². The predicted molar refractivity (Wildman–Crippen MR) is 156 cm³/mol. The molecule has 0 unspecified atom stereocenters. The first-order chi connectivity index (χ1) is 18.4. The van der Waals surface area contributed by atoms with Crippen LogP contribution in [0.2, 0.25) is 0 Å². The van der Waals surface area contributed by atoms with Crippen LogP contribution in [-0.4, -0.2) is 95.4 Å². The van der Waals surface area contributed by atoms with E-state index in [-0.39, 0.29) is 41.7 Å². The van der Waals surface area contributed by atoms with Gasteiger partial charge in [0.15, 0.2) is 12.1 Å². The van der Waals surface area contributed by atoms with Crippen LogP contribution in [0.3, 0.4) is 0 Å². The maximum atomic E-state index is 13.8. The van der Waals surface area contributed by atoms with Gasteiger partial charge in [-0.25, -0.2) is 0 Å². The lowest BCUT2D eigenvalue weighted by Crippen LogP contribution is -2.56. The Morgan fingerprint density at radius 3 is 2.23 bits per heavy atom. The minimum absolute atomic E-state index is 0.0169. The standard InChI is InChI=1S/C31H58N2O7/c1-13-25-31(10,37)22(7)23(8)33(12)16-17(2)15-30(9,36)27(20(5)26(34)21(6)28(35)39-25)40-29-19(4)24(32-11)14-18(3)38-29/h17-25,27,29,32,36-37H,13-16H2,1-12H3/t17-,18-,19-,20+,21-,22-,23-,24+,25-,27-,29+,30-,31+/m1/s1. The van der Waals surface area contributed by atoms with Crippen LogP contribution < -0.4 is 5.32 Å². The predicted octanol–water partition coefficient (Wildman–Crippen LogP) is 3.39. The zero-order valence-electron chi connectivity index (χ0n) is 27.1. The van der Waals surface area contributed by atoms with E-state index in [2.05, 4.69) is 24.1 Å². The van der Waals surface area contributed by atoms with E-state index in [0.29, 0.717) is 19.4 Å². The summed E-state index contributed by atoms with van der Waals surface area (Å²) in [7, 11) is 3.92. The van der Waals surface area contributed by atoms with Gasteiger partial charge < -0.3 is 34.6 Å². The summed E-state index contributed by atoms with van der Waals surface area (Å²) in [6, 6.07) is 0.123. The summed E-state index contributed by atoms with van der Waals surface area (Å²) in [6.45, 7) is 19.3. The second-order valence-electron chi connectivity index (χ2n) is 13.5. The van der Waals surface area contributed by atoms with Crippen molar-refractivity contribution in [3.8, 4) is 0 Å². The number of carbonyl (C=O) groups is 2. The Bertz CT molecular complexity index is 850. The van der Waals surface area contributed by atoms with Gasteiger partial charge in [-0.05, 0) is 73.9 Å². The number of aliphatic hydroxyl groups is 2. The molecule has 0 radical (unpaired) electrons. The molecule has 0 saturated carbocycles. The molecular formula is C31H58N2O7. The molecule has 0 amide bonds. The van der Waals surface area contributed by atoms with E-state index < -0.39 is 47.5 Å². The Morgan fingerprint density at radius 2 is 1.68 bits per heavy atom. The van der Waals surface area contributed by atoms with Gasteiger partial charge in [0, 0.05) is 36.4 Å². The van der Waals surface area contributed by atoms with Crippen LogP contribution >= 0.6 is 0 Å². The van der Waals surface area contributed by atoms with Crippen molar-refractivity contribution in [1.29, 1.82) is 0 Å². The van der Waals surface area contributed by atoms with Crippen molar-refractivity contribution in [3.63, 3.8) is 0 Å². The Kier molecular flexibility index (Phi) is 12.2. The summed E-state index contributed by atoms with van der Waals surface area (Å²) in [5.74, 6) is -3.15. The van der Waals surface area contributed by atoms with E-state index >= 15 is 0 Å². The zero-order valence-corrected chi connectivity index (χ0v) is 27.1. The summed E-state index contributed by atoms with van der Waals surface area (Å²) < 4.78 is 18.6. The largest absolute Gasteiger partial charge is 0.459 e. The number of nitrogens with one attached hydrogen (secondary N) is 1. The normalized spacial score (nSPS) is 47.3. The number of ether oxygens (including phenoxy) is 3. The smallest absolute Gasteiger partial charge is 0.316 e. The molecule has 3 N–H and O–H groups in total. The van der Waals surface area contributed by atoms with E-state index in [4.69, 9.17) is 14.2 Å². The molecule has 234 valence electrons. The molecule has 9 heteroatoms. The topological polar surface area (TPSA) is 118 Å². The van der Waals surface area contributed by atoms with Gasteiger partial charge in [-0.1, -0.05) is 34.6 Å². The summed E-state index contributed by atoms with van der Waals surface area (Å²) in [5.41, 5.74) is -2.69. The second-order valence-corrected chi connectivity index (χ2v) is 13.5. The highest BCUT2D eigenvalue weighted by Gasteiger charge is 2.48. The van der Waals surface area contributed by atoms with Crippen LogP contribution in [0, 0.1) is 29.6 Å². The molecule has 0 aromatic carbocycles. The quantitative estimate of drug-likeness (QED) is 0.345. The molecular weight excluding hydrogens is 512 g/mol. The fraction of sp³-hybridized carbons (Fsp3) is 0.935. The number of cyclic esters (lactones) is 1. The highest BCUT2D eigenvalue weighted by molar-refractivity contribution is 6.00. The number of nitrogens with zero attached hydrogens (tertiary/aromatic N) is 1. The number of ketones is 1. The van der Waals surface area contributed by atoms with E-state index in [1.54, 1.807) is 20.8 Å². The Balaban J connectivity index is 2.52. The lowest BCUT2D eigenvalue weighted by atomic mass is 9.78. The van der Waals surface area contributed by atoms with E-state index in [1.165, 1.54) is 6.92 Å². The number of esters is 1. The second kappa shape index (κ2) is 13.9. The Hall–Kier alpha value is -1.10. The monoisotopic (exact) mass is 570 g/mol. The molecule has 0 spiro atoms. The van der Waals surface area contributed by atoms with Gasteiger partial charge in [-0.2, -0.15) is 0 Å². The SMILES string of the molecule is CC[C@H]1OC(=O)[C@H](C)C(=O)[C@H](C)[C@@H](O[C@@H]2O[C@H](C)C[C@H](NC)[C@H]2C)[C@](C)(O)C[C@@H](C)CN(C)[C@H](C)[C@@H](C)[C@]1(C)O. The molecule has 40 heavy (non-hydrogen) atoms. The van der Waals surface area contributed by atoms with Crippen LogP contribution in [0.15, 0.2) is 0 Å². The van der Waals surface area contributed by atoms with Crippen LogP contribution in [0.4, 0.5) is 0 Å². The molecule has 2 fully saturated rings. The average Bonchev–Trinajstić information content (AvgIpc) is 2.88. The first kappa shape index (κ1) is 35.1. The molecule has 2 aliphatic heterocycles. The zero-order chi connectivity index (χ0) is 30.7. The highest BCUT2D eigenvalue weighted by atomic mass is 16.7. The minimum Gasteiger partial charge on any atom is -0.459 e. The summed E-state index contributed by atoms with van der Waals surface area (Å²) in [5, 5.41) is 26.9. The number of Topliss-reactive ketones (excluding diaryl/α,β-unsaturated/α-hetero) is 1. The van der Waals surface area contributed by atoms with E-state index in [9.17, 15) is 19.8 Å². The molecule has 0 aromatic heterocycles. The maximum absolute atomic E-state index is 13.8. The highest BCUT2D eigenvalue weighted by Crippen LogP contribution is 2.36. The van der Waals surface area contributed by atoms with Crippen molar-refractivity contribution < 1.29 is 34.0 Å². The summed E-state index contributed by atoms with van der Waals surface area (Å²) in [4.78, 5) is 29.3. The molecule has 9 nitrogen and oxygen atoms in total. The van der Waals surface area contributed by atoms with Crippen molar-refractivity contribution in [2.24, 2.45) is 29.6 Å². The molecule has 0 aromatic rings. The van der Waals surface area contributed by atoms with Crippen LogP contribution in [-0.2, 0) is 23.8 Å². The number of carbonyl (C=O) groups excluding carboxylic acids is 2. The van der Waals surface area contributed by atoms with Crippen molar-refractivity contribution >= 4 is 11.8 Å². The molecule has 2 aliphatic rings. The number of hydrogen-bond donors (Lipinski definition) is 3. The van der Waals surface area contributed by atoms with Gasteiger partial charge in [-0.15, -0.1) is 0 Å². The lowest BCUT2D eigenvalue weighted by molar-refractivity contribution is -0.273. The summed E-state index contributed by atoms with van der Waals surface area (Å²) in [6.07, 6.45) is -0.751. The fourth-order valence-corrected chi connectivity index (χ4v) is 6.88. The molecule has 0 aliphatic carbocycles. The first-order valence-corrected chi connectivity index (χ1v) is 15.3. The van der Waals surface area contributed by atoms with Crippen molar-refractivity contribution in [1.82, 2.24) is 10.2 Å². The van der Waals surface area contributed by atoms with Crippen LogP contribution in [0.1, 0.15) is 88.5 Å². The Morgan fingerprint density at radius 1 is 1.07 bits per heavy atom. The van der Waals surface area contributed by atoms with Gasteiger partial charge in [0.25, 0.3) is 0 Å². The fourth-order valence-electron chi connectivity index (χ4n) is 6.88. The number of rotatable bonds is 4. The molecule has 2 saturated heterocycles. The lowest BCUT2D eigenvalue weighted by Gasteiger charge is -2.45. The van der Waals surface area contributed by atoms with Gasteiger partial charge in [-0.3, -0.25) is 9.59 Å². The molecule has 2 heterocycles. The van der Waals surface area contributed by atoms with E-state index in [1.807, 2.05) is 41.8 Å². The van der Waals surface area contributed by atoms with Gasteiger partial charge >= 0.3 is 5.97 Å². The third kappa shape index (κ3) is 7.84. The molecule has 2 rings (SSSR count). The molecule has 0 bridgehead atoms. The van der Waals surface area contributed by atoms with Crippen molar-refractivity contribution in [2.75, 3.05) is 20.6 Å². The van der Waals surface area contributed by atoms with E-state index in [0.717, 1.165) is 6.42 Å². The maximum Gasteiger partial charge on any atom is 0.316 e. The Labute approximate surface area is 242 Å². The van der Waals surface area contributed by atoms with Gasteiger partial charge in [0.1, 0.15) is 17.6 Å². The van der Waals surface area contributed by atoms with Crippen LogP contribution in [0.25, 0.3) is 0 Å². The third-order valence-electron chi connectivity index (χ3n) is 9.95. The third-order valence-corrected chi connectivity index (χ3v) is 9.95. The average molecular weight is 571 g/mol. The minimum atomic E-state index is -1.38. The van der Waals surface area contributed by atoms with Gasteiger partial charge in [0.05, 0.1) is 17.8 Å². The first-order valence-electron chi connectivity index (χ1n) is 15.3. The summed E-state index contributed by atoms with van der Waals surface area (Å²) >= 11 is 0. The number of hydrogen-bond acceptors (Lipinski definition) is 9. The van der Waals surface area contributed by atoms with Crippen LogP contribution in [0.5, 0.6) is 0 Å². The molecule has 13 atom stereocenters. The van der Waals surface area contributed by atoms with Crippen molar-refractivity contribution in [3.05, 3.63) is 0 Å². The van der Waals surface area contributed by atoms with Crippen molar-refractivity contribution in [2.45, 2.75) is 136 Å².